The van der Waals surface area contributed by atoms with Gasteiger partial charge in [0, 0.05) is 23.8 Å². The van der Waals surface area contributed by atoms with Crippen LogP contribution in [-0.4, -0.2) is 45.0 Å². The van der Waals surface area contributed by atoms with Crippen LogP contribution in [0.15, 0.2) is 36.3 Å². The minimum absolute atomic E-state index is 0.255. The minimum atomic E-state index is -4.34. The number of aliphatic hydroxyl groups is 1. The Hall–Kier alpha value is -2.48. The van der Waals surface area contributed by atoms with E-state index >= 15 is 0 Å². The molecule has 3 N–H and O–H groups in total. The van der Waals surface area contributed by atoms with Crippen LogP contribution in [0.5, 0.6) is 0 Å². The van der Waals surface area contributed by atoms with Gasteiger partial charge in [-0.3, -0.25) is 0 Å². The fourth-order valence-corrected chi connectivity index (χ4v) is 3.61. The molecular weight excluding hydrogens is 381 g/mol. The molecule has 1 atom stereocenters. The number of aromatic nitrogens is 2. The van der Waals surface area contributed by atoms with Crippen molar-refractivity contribution in [3.8, 4) is 0 Å². The summed E-state index contributed by atoms with van der Waals surface area (Å²) in [5.41, 5.74) is 1.61. The molecule has 0 saturated carbocycles. The summed E-state index contributed by atoms with van der Waals surface area (Å²) >= 11 is 0. The molecule has 1 unspecified atom stereocenters. The molecule has 3 rings (SSSR count). The van der Waals surface area contributed by atoms with Gasteiger partial charge in [0.25, 0.3) is 0 Å². The zero-order valence-corrected chi connectivity index (χ0v) is 16.9. The summed E-state index contributed by atoms with van der Waals surface area (Å²) in [5, 5.41) is 14.4. The number of rotatable bonds is 7. The smallest absolute Gasteiger partial charge is 0.368 e. The molecule has 1 aliphatic heterocycles. The van der Waals surface area contributed by atoms with Crippen LogP contribution in [0.3, 0.4) is 0 Å². The van der Waals surface area contributed by atoms with Gasteiger partial charge in [-0.2, -0.15) is 13.2 Å². The number of allylic oxidation sites excluding steroid dienone is 2. The predicted molar refractivity (Wildman–Crippen MR) is 108 cm³/mol. The molecule has 0 aliphatic carbocycles. The third kappa shape index (κ3) is 5.32. The Bertz CT molecular complexity index is 928. The van der Waals surface area contributed by atoms with Gasteiger partial charge in [-0.05, 0) is 55.7 Å². The zero-order valence-electron chi connectivity index (χ0n) is 16.9. The summed E-state index contributed by atoms with van der Waals surface area (Å²) in [5.74, 6) is 0.262. The number of halogens is 3. The number of pyridine rings is 1. The van der Waals surface area contributed by atoms with Crippen LogP contribution < -0.4 is 5.32 Å². The summed E-state index contributed by atoms with van der Waals surface area (Å²) < 4.78 is 39.6. The second-order valence-electron chi connectivity index (χ2n) is 7.72. The van der Waals surface area contributed by atoms with Crippen LogP contribution in [-0.2, 0) is 0 Å². The molecule has 3 heterocycles. The van der Waals surface area contributed by atoms with E-state index in [0.717, 1.165) is 29.5 Å². The highest BCUT2D eigenvalue weighted by Crippen LogP contribution is 2.32. The Balaban J connectivity index is 2.01. The molecule has 29 heavy (non-hydrogen) atoms. The van der Waals surface area contributed by atoms with Crippen molar-refractivity contribution in [3.63, 3.8) is 0 Å². The molecule has 0 amide bonds. The first-order valence-electron chi connectivity index (χ1n) is 9.79. The lowest BCUT2D eigenvalue weighted by molar-refractivity contribution is -0.143. The fourth-order valence-electron chi connectivity index (χ4n) is 3.61. The quantitative estimate of drug-likeness (QED) is 0.592. The number of alkyl halides is 3. The molecule has 8 heteroatoms. The number of H-pyrrole nitrogens is 1. The number of aromatic amines is 1. The molecule has 0 radical (unpaired) electrons. The van der Waals surface area contributed by atoms with E-state index in [0.29, 0.717) is 17.6 Å². The zero-order chi connectivity index (χ0) is 21.2. The van der Waals surface area contributed by atoms with Crippen LogP contribution in [0.25, 0.3) is 16.6 Å². The van der Waals surface area contributed by atoms with Crippen molar-refractivity contribution in [3.05, 3.63) is 47.6 Å². The molecule has 0 bridgehead atoms. The van der Waals surface area contributed by atoms with E-state index < -0.39 is 18.4 Å². The van der Waals surface area contributed by atoms with E-state index in [1.807, 2.05) is 26.0 Å². The number of fused-ring (bicyclic) bond motifs is 1. The second-order valence-corrected chi connectivity index (χ2v) is 7.72. The van der Waals surface area contributed by atoms with E-state index in [9.17, 15) is 18.3 Å². The van der Waals surface area contributed by atoms with E-state index in [1.54, 1.807) is 18.3 Å². The minimum Gasteiger partial charge on any atom is -0.368 e. The molecule has 0 fully saturated rings. The SMILES string of the molecule is CCCCCN(CC(F)(F)F)C1=CC(c2ccnc3[nH]c(C)cc23)=CC(C)(O)N1. The number of unbranched alkanes of at least 4 members (excludes halogenated alkanes) is 2. The first-order valence-corrected chi connectivity index (χ1v) is 9.79. The Morgan fingerprint density at radius 1 is 1.28 bits per heavy atom. The summed E-state index contributed by atoms with van der Waals surface area (Å²) in [7, 11) is 0. The third-order valence-electron chi connectivity index (χ3n) is 4.83. The molecule has 0 spiro atoms. The monoisotopic (exact) mass is 408 g/mol. The van der Waals surface area contributed by atoms with Crippen molar-refractivity contribution in [1.29, 1.82) is 0 Å². The molecule has 158 valence electrons. The highest BCUT2D eigenvalue weighted by Gasteiger charge is 2.34. The molecule has 2 aromatic heterocycles. The van der Waals surface area contributed by atoms with Gasteiger partial charge < -0.3 is 20.3 Å². The normalized spacial score (nSPS) is 19.7. The number of nitrogens with one attached hydrogen (secondary N) is 2. The number of hydrogen-bond donors (Lipinski definition) is 3. The van der Waals surface area contributed by atoms with Gasteiger partial charge in [0.15, 0.2) is 5.72 Å². The highest BCUT2D eigenvalue weighted by molar-refractivity contribution is 5.94. The van der Waals surface area contributed by atoms with Crippen molar-refractivity contribution < 1.29 is 18.3 Å². The highest BCUT2D eigenvalue weighted by atomic mass is 19.4. The van der Waals surface area contributed by atoms with Gasteiger partial charge in [-0.15, -0.1) is 0 Å². The summed E-state index contributed by atoms with van der Waals surface area (Å²) in [4.78, 5) is 8.73. The molecule has 0 aromatic carbocycles. The summed E-state index contributed by atoms with van der Waals surface area (Å²) in [6, 6.07) is 3.75. The average Bonchev–Trinajstić information content (AvgIpc) is 2.98. The standard InChI is InChI=1S/C21H27F3N4O/c1-4-5-6-9-28(13-21(22,23)24)18-11-15(12-20(3,29)27-18)16-7-8-25-19-17(16)10-14(2)26-19/h7-8,10-12,27,29H,4-6,9,13H2,1-3H3,(H,25,26). The largest absolute Gasteiger partial charge is 0.405 e. The maximum absolute atomic E-state index is 13.2. The van der Waals surface area contributed by atoms with Crippen LogP contribution in [0, 0.1) is 6.92 Å². The van der Waals surface area contributed by atoms with Crippen LogP contribution >= 0.6 is 0 Å². The van der Waals surface area contributed by atoms with E-state index in [-0.39, 0.29) is 12.4 Å². The van der Waals surface area contributed by atoms with Crippen molar-refractivity contribution in [1.82, 2.24) is 20.2 Å². The lowest BCUT2D eigenvalue weighted by atomic mass is 9.97. The Labute approximate surface area is 168 Å². The molecule has 2 aromatic rings. The first kappa shape index (κ1) is 21.2. The lowest BCUT2D eigenvalue weighted by Crippen LogP contribution is -2.49. The molecule has 0 saturated heterocycles. The van der Waals surface area contributed by atoms with Crippen molar-refractivity contribution >= 4 is 16.6 Å². The van der Waals surface area contributed by atoms with Crippen molar-refractivity contribution in [2.24, 2.45) is 0 Å². The number of aryl methyl sites for hydroxylation is 1. The van der Waals surface area contributed by atoms with Crippen LogP contribution in [0.4, 0.5) is 13.2 Å². The Morgan fingerprint density at radius 2 is 2.03 bits per heavy atom. The van der Waals surface area contributed by atoms with Gasteiger partial charge in [-0.1, -0.05) is 19.8 Å². The van der Waals surface area contributed by atoms with Crippen LogP contribution in [0.1, 0.15) is 44.4 Å². The first-order chi connectivity index (χ1) is 13.6. The van der Waals surface area contributed by atoms with Gasteiger partial charge >= 0.3 is 6.18 Å². The maximum Gasteiger partial charge on any atom is 0.405 e. The number of nitrogens with zero attached hydrogens (tertiary/aromatic N) is 2. The second kappa shape index (κ2) is 8.10. The Kier molecular flexibility index (Phi) is 5.93. The molecule has 5 nitrogen and oxygen atoms in total. The van der Waals surface area contributed by atoms with Crippen molar-refractivity contribution in [2.45, 2.75) is 51.9 Å². The number of dihydropyridines is 1. The van der Waals surface area contributed by atoms with Gasteiger partial charge in [0.05, 0.1) is 0 Å². The fraction of sp³-hybridized carbons (Fsp3) is 0.476. The Morgan fingerprint density at radius 3 is 2.72 bits per heavy atom. The summed E-state index contributed by atoms with van der Waals surface area (Å²) in [6.45, 7) is 4.63. The average molecular weight is 408 g/mol. The third-order valence-corrected chi connectivity index (χ3v) is 4.83. The maximum atomic E-state index is 13.2. The predicted octanol–water partition coefficient (Wildman–Crippen LogP) is 4.46. The lowest BCUT2D eigenvalue weighted by Gasteiger charge is -2.36. The number of hydrogen-bond acceptors (Lipinski definition) is 4. The van der Waals surface area contributed by atoms with Gasteiger partial charge in [-0.25, -0.2) is 4.98 Å². The van der Waals surface area contributed by atoms with Gasteiger partial charge in [0.1, 0.15) is 18.0 Å². The molecular formula is C21H27F3N4O. The van der Waals surface area contributed by atoms with E-state index in [1.165, 1.54) is 11.8 Å². The topological polar surface area (TPSA) is 64.2 Å². The van der Waals surface area contributed by atoms with Crippen LogP contribution in [0.2, 0.25) is 0 Å². The summed E-state index contributed by atoms with van der Waals surface area (Å²) in [6.07, 6.45) is 2.99. The van der Waals surface area contributed by atoms with Crippen molar-refractivity contribution in [2.75, 3.05) is 13.1 Å². The van der Waals surface area contributed by atoms with E-state index in [4.69, 9.17) is 0 Å². The molecule has 1 aliphatic rings. The van der Waals surface area contributed by atoms with E-state index in [2.05, 4.69) is 15.3 Å². The van der Waals surface area contributed by atoms with Gasteiger partial charge in [0.2, 0.25) is 0 Å².